The summed E-state index contributed by atoms with van der Waals surface area (Å²) in [6, 6.07) is 5.09. The highest BCUT2D eigenvalue weighted by molar-refractivity contribution is 7.12. The van der Waals surface area contributed by atoms with Crippen LogP contribution in [0.4, 0.5) is 0 Å². The zero-order chi connectivity index (χ0) is 13.7. The molecule has 1 aromatic heterocycles. The highest BCUT2D eigenvalue weighted by atomic mass is 32.1. The summed E-state index contributed by atoms with van der Waals surface area (Å²) in [6.07, 6.45) is 8.34. The van der Waals surface area contributed by atoms with E-state index in [1.807, 2.05) is 11.3 Å². The van der Waals surface area contributed by atoms with E-state index in [4.69, 9.17) is 0 Å². The molecule has 19 heavy (non-hydrogen) atoms. The van der Waals surface area contributed by atoms with Crippen molar-refractivity contribution in [2.24, 2.45) is 11.8 Å². The third-order valence-corrected chi connectivity index (χ3v) is 6.01. The molecule has 0 aromatic carbocycles. The molecule has 1 atom stereocenters. The molecule has 1 unspecified atom stereocenters. The van der Waals surface area contributed by atoms with Gasteiger partial charge in [-0.05, 0) is 50.3 Å². The van der Waals surface area contributed by atoms with Crippen LogP contribution in [0, 0.1) is 11.8 Å². The van der Waals surface area contributed by atoms with Gasteiger partial charge in [-0.15, -0.1) is 11.3 Å². The highest BCUT2D eigenvalue weighted by Crippen LogP contribution is 2.30. The summed E-state index contributed by atoms with van der Waals surface area (Å²) in [4.78, 5) is 3.00. The van der Waals surface area contributed by atoms with E-state index in [2.05, 4.69) is 38.2 Å². The van der Waals surface area contributed by atoms with Crippen molar-refractivity contribution in [1.29, 1.82) is 0 Å². The monoisotopic (exact) mass is 279 g/mol. The van der Waals surface area contributed by atoms with Crippen molar-refractivity contribution >= 4 is 11.3 Å². The summed E-state index contributed by atoms with van der Waals surface area (Å²) in [7, 11) is 0. The van der Waals surface area contributed by atoms with Gasteiger partial charge in [0, 0.05) is 15.8 Å². The van der Waals surface area contributed by atoms with Gasteiger partial charge >= 0.3 is 0 Å². The minimum Gasteiger partial charge on any atom is -0.309 e. The van der Waals surface area contributed by atoms with Crippen molar-refractivity contribution in [2.45, 2.75) is 65.3 Å². The van der Waals surface area contributed by atoms with Gasteiger partial charge in [-0.1, -0.05) is 39.5 Å². The van der Waals surface area contributed by atoms with Crippen LogP contribution in [0.25, 0.3) is 0 Å². The summed E-state index contributed by atoms with van der Waals surface area (Å²) >= 11 is 1.96. The average Bonchev–Trinajstić information content (AvgIpc) is 2.90. The van der Waals surface area contributed by atoms with Crippen molar-refractivity contribution in [3.05, 3.63) is 21.9 Å². The molecule has 2 rings (SSSR count). The van der Waals surface area contributed by atoms with Crippen LogP contribution >= 0.6 is 11.3 Å². The molecule has 0 bridgehead atoms. The fraction of sp³-hybridized carbons (Fsp3) is 0.765. The van der Waals surface area contributed by atoms with E-state index in [0.717, 1.165) is 18.3 Å². The number of hydrogen-bond donors (Lipinski definition) is 1. The molecule has 1 N–H and O–H groups in total. The van der Waals surface area contributed by atoms with Crippen molar-refractivity contribution in [2.75, 3.05) is 6.54 Å². The van der Waals surface area contributed by atoms with Gasteiger partial charge in [0.25, 0.3) is 0 Å². The van der Waals surface area contributed by atoms with Gasteiger partial charge in [0.15, 0.2) is 0 Å². The maximum Gasteiger partial charge on any atom is 0.0386 e. The number of hydrogen-bond acceptors (Lipinski definition) is 2. The second-order valence-corrected chi connectivity index (χ2v) is 7.45. The first kappa shape index (κ1) is 15.1. The lowest BCUT2D eigenvalue weighted by atomic mass is 9.81. The van der Waals surface area contributed by atoms with E-state index >= 15 is 0 Å². The second kappa shape index (κ2) is 7.44. The Bertz CT molecular complexity index is 363. The van der Waals surface area contributed by atoms with Crippen LogP contribution in [-0.2, 0) is 6.42 Å². The van der Waals surface area contributed by atoms with Crippen LogP contribution in [0.3, 0.4) is 0 Å². The Balaban J connectivity index is 1.67. The smallest absolute Gasteiger partial charge is 0.0386 e. The number of thiophene rings is 1. The molecule has 0 spiro atoms. The van der Waals surface area contributed by atoms with Crippen molar-refractivity contribution in [3.63, 3.8) is 0 Å². The average molecular weight is 279 g/mol. The molecule has 0 aliphatic heterocycles. The van der Waals surface area contributed by atoms with Crippen molar-refractivity contribution < 1.29 is 0 Å². The topological polar surface area (TPSA) is 12.0 Å². The maximum absolute atomic E-state index is 3.71. The number of nitrogens with one attached hydrogen (secondary N) is 1. The van der Waals surface area contributed by atoms with Gasteiger partial charge in [0.2, 0.25) is 0 Å². The molecule has 1 aliphatic rings. The number of aryl methyl sites for hydroxylation is 1. The molecule has 108 valence electrons. The minimum absolute atomic E-state index is 0.521. The minimum atomic E-state index is 0.521. The Hall–Kier alpha value is -0.340. The van der Waals surface area contributed by atoms with E-state index in [1.165, 1.54) is 48.4 Å². The molecule has 1 heterocycles. The van der Waals surface area contributed by atoms with Crippen LogP contribution < -0.4 is 5.32 Å². The van der Waals surface area contributed by atoms with Crippen LogP contribution in [0.1, 0.15) is 68.7 Å². The number of rotatable bonds is 6. The van der Waals surface area contributed by atoms with Gasteiger partial charge in [-0.2, -0.15) is 0 Å². The predicted molar refractivity (Wildman–Crippen MR) is 85.9 cm³/mol. The second-order valence-electron chi connectivity index (χ2n) is 6.25. The first-order chi connectivity index (χ1) is 9.19. The summed E-state index contributed by atoms with van der Waals surface area (Å²) in [6.45, 7) is 8.12. The normalized spacial score (nSPS) is 25.4. The summed E-state index contributed by atoms with van der Waals surface area (Å²) in [5, 5.41) is 3.71. The van der Waals surface area contributed by atoms with Crippen LogP contribution in [0.2, 0.25) is 0 Å². The quantitative estimate of drug-likeness (QED) is 0.756. The first-order valence-electron chi connectivity index (χ1n) is 8.01. The van der Waals surface area contributed by atoms with Crippen LogP contribution in [-0.4, -0.2) is 6.54 Å². The maximum atomic E-state index is 3.71. The lowest BCUT2D eigenvalue weighted by Gasteiger charge is -2.26. The van der Waals surface area contributed by atoms with E-state index in [0.29, 0.717) is 6.04 Å². The van der Waals surface area contributed by atoms with Gasteiger partial charge < -0.3 is 5.32 Å². The molecule has 2 heteroatoms. The highest BCUT2D eigenvalue weighted by Gasteiger charge is 2.18. The van der Waals surface area contributed by atoms with E-state index in [1.54, 1.807) is 0 Å². The summed E-state index contributed by atoms with van der Waals surface area (Å²) in [5.74, 6) is 1.95. The third kappa shape index (κ3) is 4.61. The van der Waals surface area contributed by atoms with Crippen molar-refractivity contribution in [1.82, 2.24) is 5.32 Å². The molecule has 1 aliphatic carbocycles. The van der Waals surface area contributed by atoms with Crippen molar-refractivity contribution in [3.8, 4) is 0 Å². The first-order valence-corrected chi connectivity index (χ1v) is 8.82. The Labute approximate surface area is 122 Å². The fourth-order valence-corrected chi connectivity index (χ4v) is 4.02. The molecule has 0 saturated heterocycles. The van der Waals surface area contributed by atoms with Gasteiger partial charge in [-0.25, -0.2) is 0 Å². The SMILES string of the molecule is CCc1ccc(C(C)NCCC2CCC(C)CC2)s1. The predicted octanol–water partition coefficient (Wildman–Crippen LogP) is 5.18. The van der Waals surface area contributed by atoms with Gasteiger partial charge in [0.05, 0.1) is 0 Å². The van der Waals surface area contributed by atoms with Gasteiger partial charge in [-0.3, -0.25) is 0 Å². The standard InChI is InChI=1S/C17H29NS/c1-4-16-9-10-17(19-16)14(3)18-12-11-15-7-5-13(2)6-8-15/h9-10,13-15,18H,4-8,11-12H2,1-3H3. The third-order valence-electron chi connectivity index (χ3n) is 4.60. The van der Waals surface area contributed by atoms with Crippen LogP contribution in [0.15, 0.2) is 12.1 Å². The lowest BCUT2D eigenvalue weighted by Crippen LogP contribution is -2.23. The molecule has 1 aromatic rings. The summed E-state index contributed by atoms with van der Waals surface area (Å²) in [5.41, 5.74) is 0. The summed E-state index contributed by atoms with van der Waals surface area (Å²) < 4.78 is 0. The Morgan fingerprint density at radius 3 is 2.63 bits per heavy atom. The molecular formula is C17H29NS. The van der Waals surface area contributed by atoms with E-state index in [9.17, 15) is 0 Å². The van der Waals surface area contributed by atoms with E-state index < -0.39 is 0 Å². The fourth-order valence-electron chi connectivity index (χ4n) is 3.04. The zero-order valence-corrected chi connectivity index (χ0v) is 13.6. The Morgan fingerprint density at radius 2 is 2.00 bits per heavy atom. The Kier molecular flexibility index (Phi) is 5.90. The molecule has 1 nitrogen and oxygen atoms in total. The van der Waals surface area contributed by atoms with Gasteiger partial charge in [0.1, 0.15) is 0 Å². The largest absolute Gasteiger partial charge is 0.309 e. The molecule has 1 saturated carbocycles. The Morgan fingerprint density at radius 1 is 1.26 bits per heavy atom. The molecular weight excluding hydrogens is 250 g/mol. The molecule has 0 amide bonds. The molecule has 1 fully saturated rings. The lowest BCUT2D eigenvalue weighted by molar-refractivity contribution is 0.273. The zero-order valence-electron chi connectivity index (χ0n) is 12.7. The van der Waals surface area contributed by atoms with E-state index in [-0.39, 0.29) is 0 Å². The molecule has 0 radical (unpaired) electrons. The van der Waals surface area contributed by atoms with Crippen LogP contribution in [0.5, 0.6) is 0 Å².